The summed E-state index contributed by atoms with van der Waals surface area (Å²) in [5.74, 6) is 0.192. The molecule has 0 saturated heterocycles. The van der Waals surface area contributed by atoms with Crippen LogP contribution in [0.25, 0.3) is 11.1 Å². The Kier molecular flexibility index (Phi) is 9.09. The van der Waals surface area contributed by atoms with E-state index in [1.807, 2.05) is 42.5 Å². The number of benzene rings is 3. The van der Waals surface area contributed by atoms with Crippen molar-refractivity contribution in [3.63, 3.8) is 0 Å². The fraction of sp³-hybridized carbons (Fsp3) is 0.281. The van der Waals surface area contributed by atoms with Gasteiger partial charge >= 0.3 is 5.97 Å². The number of hydrogen-bond acceptors (Lipinski definition) is 3. The third kappa shape index (κ3) is 6.94. The van der Waals surface area contributed by atoms with Gasteiger partial charge in [-0.2, -0.15) is 0 Å². The van der Waals surface area contributed by atoms with E-state index in [2.05, 4.69) is 19.1 Å². The summed E-state index contributed by atoms with van der Waals surface area (Å²) in [5, 5.41) is 0. The number of hydrogen-bond donors (Lipinski definition) is 0. The quantitative estimate of drug-likeness (QED) is 0.147. The maximum Gasteiger partial charge on any atom is 0.343 e. The number of halogens is 1. The van der Waals surface area contributed by atoms with Crippen LogP contribution in [0.15, 0.2) is 91.0 Å². The lowest BCUT2D eigenvalue weighted by atomic mass is 10.00. The third-order valence-electron chi connectivity index (χ3n) is 6.36. The Morgan fingerprint density at radius 3 is 2.17 bits per heavy atom. The molecule has 0 fully saturated rings. The fourth-order valence-corrected chi connectivity index (χ4v) is 4.24. The lowest BCUT2D eigenvalue weighted by molar-refractivity contribution is 0.0734. The van der Waals surface area contributed by atoms with Gasteiger partial charge in [-0.1, -0.05) is 93.7 Å². The molecule has 0 atom stereocenters. The molecule has 3 nitrogen and oxygen atoms in total. The molecule has 0 N–H and O–H groups in total. The molecule has 1 aliphatic carbocycles. The SMILES string of the molecule is CCCCCCCCOc1ccc(-c2ccc(OC(=O)c3ccc(C4C=CC=C4)cc3)cc2)cc1F. The molecule has 3 aromatic rings. The summed E-state index contributed by atoms with van der Waals surface area (Å²) in [6.07, 6.45) is 15.2. The Balaban J connectivity index is 1.29. The molecule has 0 saturated carbocycles. The van der Waals surface area contributed by atoms with E-state index in [-0.39, 0.29) is 17.5 Å². The molecule has 0 spiro atoms. The van der Waals surface area contributed by atoms with Crippen LogP contribution in [0.3, 0.4) is 0 Å². The van der Waals surface area contributed by atoms with Crippen molar-refractivity contribution in [3.8, 4) is 22.6 Å². The molecule has 4 rings (SSSR count). The summed E-state index contributed by atoms with van der Waals surface area (Å²) in [6.45, 7) is 2.73. The predicted octanol–water partition coefficient (Wildman–Crippen LogP) is 8.66. The van der Waals surface area contributed by atoms with Crippen LogP contribution >= 0.6 is 0 Å². The first kappa shape index (κ1) is 25.4. The summed E-state index contributed by atoms with van der Waals surface area (Å²) in [7, 11) is 0. The highest BCUT2D eigenvalue weighted by Gasteiger charge is 2.12. The summed E-state index contributed by atoms with van der Waals surface area (Å²) in [4.78, 5) is 12.5. The fourth-order valence-electron chi connectivity index (χ4n) is 4.24. The average Bonchev–Trinajstić information content (AvgIpc) is 3.45. The average molecular weight is 485 g/mol. The van der Waals surface area contributed by atoms with Crippen LogP contribution in [0.5, 0.6) is 11.5 Å². The molecule has 0 amide bonds. The number of allylic oxidation sites excluding steroid dienone is 4. The monoisotopic (exact) mass is 484 g/mol. The zero-order valence-electron chi connectivity index (χ0n) is 20.8. The van der Waals surface area contributed by atoms with Crippen molar-refractivity contribution in [2.24, 2.45) is 0 Å². The van der Waals surface area contributed by atoms with Gasteiger partial charge in [0.25, 0.3) is 0 Å². The Labute approximate surface area is 213 Å². The minimum absolute atomic E-state index is 0.258. The molecule has 0 radical (unpaired) electrons. The summed E-state index contributed by atoms with van der Waals surface area (Å²) < 4.78 is 25.7. The van der Waals surface area contributed by atoms with E-state index in [4.69, 9.17) is 9.47 Å². The van der Waals surface area contributed by atoms with Gasteiger partial charge < -0.3 is 9.47 Å². The van der Waals surface area contributed by atoms with E-state index in [1.165, 1.54) is 31.7 Å². The van der Waals surface area contributed by atoms with Gasteiger partial charge in [-0.25, -0.2) is 9.18 Å². The van der Waals surface area contributed by atoms with Crippen LogP contribution in [0.1, 0.15) is 67.3 Å². The van der Waals surface area contributed by atoms with E-state index >= 15 is 0 Å². The highest BCUT2D eigenvalue weighted by molar-refractivity contribution is 5.91. The molecule has 1 aliphatic rings. The number of carbonyl (C=O) groups is 1. The van der Waals surface area contributed by atoms with Crippen LogP contribution in [-0.2, 0) is 0 Å². The predicted molar refractivity (Wildman–Crippen MR) is 143 cm³/mol. The number of esters is 1. The van der Waals surface area contributed by atoms with Crippen molar-refractivity contribution < 1.29 is 18.7 Å². The zero-order valence-corrected chi connectivity index (χ0v) is 20.8. The van der Waals surface area contributed by atoms with Crippen LogP contribution < -0.4 is 9.47 Å². The van der Waals surface area contributed by atoms with E-state index < -0.39 is 5.97 Å². The van der Waals surface area contributed by atoms with Crippen molar-refractivity contribution in [3.05, 3.63) is 108 Å². The molecule has 0 aliphatic heterocycles. The Morgan fingerprint density at radius 2 is 1.47 bits per heavy atom. The van der Waals surface area contributed by atoms with Crippen LogP contribution in [0, 0.1) is 5.82 Å². The molecule has 0 bridgehead atoms. The molecule has 36 heavy (non-hydrogen) atoms. The molecule has 4 heteroatoms. The molecule has 3 aromatic carbocycles. The number of carbonyl (C=O) groups excluding carboxylic acids is 1. The van der Waals surface area contributed by atoms with E-state index in [0.29, 0.717) is 17.9 Å². The maximum absolute atomic E-state index is 14.6. The molecule has 0 heterocycles. The van der Waals surface area contributed by atoms with Gasteiger partial charge in [0.15, 0.2) is 11.6 Å². The lowest BCUT2D eigenvalue weighted by Crippen LogP contribution is -2.08. The van der Waals surface area contributed by atoms with Crippen molar-refractivity contribution in [1.82, 2.24) is 0 Å². The van der Waals surface area contributed by atoms with Crippen LogP contribution in [0.2, 0.25) is 0 Å². The highest BCUT2D eigenvalue weighted by Crippen LogP contribution is 2.28. The van der Waals surface area contributed by atoms with Gasteiger partial charge in [0.2, 0.25) is 0 Å². The standard InChI is InChI=1S/C32H33FO3/c1-2-3-4-5-6-9-22-35-31-21-18-28(23-30(31)33)26-16-19-29(20-17-26)36-32(34)27-14-12-25(13-15-27)24-10-7-8-11-24/h7-8,10-21,23-24H,2-6,9,22H2,1H3. The zero-order chi connectivity index (χ0) is 25.2. The van der Waals surface area contributed by atoms with E-state index in [9.17, 15) is 9.18 Å². The normalized spacial score (nSPS) is 12.7. The minimum Gasteiger partial charge on any atom is -0.491 e. The Morgan fingerprint density at radius 1 is 0.806 bits per heavy atom. The van der Waals surface area contributed by atoms with Crippen molar-refractivity contribution in [2.45, 2.75) is 51.4 Å². The molecule has 0 unspecified atom stereocenters. The summed E-state index contributed by atoms with van der Waals surface area (Å²) in [5.41, 5.74) is 3.19. The highest BCUT2D eigenvalue weighted by atomic mass is 19.1. The lowest BCUT2D eigenvalue weighted by Gasteiger charge is -2.10. The molecular weight excluding hydrogens is 451 g/mol. The first-order valence-corrected chi connectivity index (χ1v) is 12.8. The van der Waals surface area contributed by atoms with Crippen molar-refractivity contribution in [2.75, 3.05) is 6.61 Å². The van der Waals surface area contributed by atoms with Crippen molar-refractivity contribution >= 4 is 5.97 Å². The first-order valence-electron chi connectivity index (χ1n) is 12.8. The molecule has 186 valence electrons. The van der Waals surface area contributed by atoms with Crippen LogP contribution in [-0.4, -0.2) is 12.6 Å². The van der Waals surface area contributed by atoms with Crippen LogP contribution in [0.4, 0.5) is 4.39 Å². The first-order chi connectivity index (χ1) is 17.6. The second kappa shape index (κ2) is 12.9. The number of rotatable bonds is 12. The topological polar surface area (TPSA) is 35.5 Å². The number of ether oxygens (including phenoxy) is 2. The summed E-state index contributed by atoms with van der Waals surface area (Å²) in [6, 6.07) is 19.5. The Hall–Kier alpha value is -3.66. The van der Waals surface area contributed by atoms with E-state index in [0.717, 1.165) is 29.5 Å². The Bertz CT molecular complexity index is 1180. The van der Waals surface area contributed by atoms with Crippen molar-refractivity contribution in [1.29, 1.82) is 0 Å². The van der Waals surface area contributed by atoms with Gasteiger partial charge in [-0.15, -0.1) is 0 Å². The van der Waals surface area contributed by atoms with Gasteiger partial charge in [0, 0.05) is 5.92 Å². The smallest absolute Gasteiger partial charge is 0.343 e. The third-order valence-corrected chi connectivity index (χ3v) is 6.36. The number of unbranched alkanes of at least 4 members (excludes halogenated alkanes) is 5. The molecular formula is C32H33FO3. The van der Waals surface area contributed by atoms with Gasteiger partial charge in [-0.05, 0) is 59.5 Å². The van der Waals surface area contributed by atoms with Gasteiger partial charge in [0.1, 0.15) is 5.75 Å². The molecule has 0 aromatic heterocycles. The second-order valence-electron chi connectivity index (χ2n) is 9.09. The van der Waals surface area contributed by atoms with Gasteiger partial charge in [0.05, 0.1) is 12.2 Å². The summed E-state index contributed by atoms with van der Waals surface area (Å²) >= 11 is 0. The van der Waals surface area contributed by atoms with Gasteiger partial charge in [-0.3, -0.25) is 0 Å². The maximum atomic E-state index is 14.6. The minimum atomic E-state index is -0.412. The largest absolute Gasteiger partial charge is 0.491 e. The van der Waals surface area contributed by atoms with E-state index in [1.54, 1.807) is 30.3 Å². The second-order valence-corrected chi connectivity index (χ2v) is 9.09.